The Morgan fingerprint density at radius 3 is 2.00 bits per heavy atom. The number of anilines is 2. The number of ether oxygens (including phenoxy) is 1. The molecular weight excluding hydrogens is 420 g/mol. The summed E-state index contributed by atoms with van der Waals surface area (Å²) in [6.45, 7) is 7.22. The topological polar surface area (TPSA) is 22.2 Å². The van der Waals surface area contributed by atoms with Gasteiger partial charge in [0.1, 0.15) is 5.75 Å². The average Bonchev–Trinajstić information content (AvgIpc) is 2.85. The number of nitrogens with zero attached hydrogens (tertiary/aromatic N) is 4. The highest BCUT2D eigenvalue weighted by Crippen LogP contribution is 2.25. The lowest BCUT2D eigenvalue weighted by atomic mass is 10.1. The van der Waals surface area contributed by atoms with Crippen molar-refractivity contribution in [3.8, 4) is 5.75 Å². The van der Waals surface area contributed by atoms with Crippen LogP contribution in [0.1, 0.15) is 16.7 Å². The first-order chi connectivity index (χ1) is 16.5. The van der Waals surface area contributed by atoms with E-state index < -0.39 is 0 Å². The van der Waals surface area contributed by atoms with E-state index in [-0.39, 0.29) is 0 Å². The van der Waals surface area contributed by atoms with Crippen LogP contribution in [0.2, 0.25) is 0 Å². The summed E-state index contributed by atoms with van der Waals surface area (Å²) in [4.78, 5) is 9.60. The molecule has 1 fully saturated rings. The van der Waals surface area contributed by atoms with Gasteiger partial charge in [-0.1, -0.05) is 36.4 Å². The van der Waals surface area contributed by atoms with Gasteiger partial charge >= 0.3 is 0 Å². The van der Waals surface area contributed by atoms with Gasteiger partial charge in [0.05, 0.1) is 7.11 Å². The molecule has 0 spiro atoms. The van der Waals surface area contributed by atoms with Gasteiger partial charge in [-0.05, 0) is 60.1 Å². The number of methoxy groups -OCH3 is 1. The Balaban J connectivity index is 1.58. The maximum absolute atomic E-state index is 5.48. The van der Waals surface area contributed by atoms with E-state index in [9.17, 15) is 0 Å². The van der Waals surface area contributed by atoms with Crippen LogP contribution in [0.3, 0.4) is 0 Å². The second-order valence-corrected chi connectivity index (χ2v) is 9.52. The molecule has 1 heterocycles. The monoisotopic (exact) mass is 458 g/mol. The number of piperazine rings is 1. The van der Waals surface area contributed by atoms with E-state index >= 15 is 0 Å². The van der Waals surface area contributed by atoms with Gasteiger partial charge in [-0.3, -0.25) is 4.90 Å². The summed E-state index contributed by atoms with van der Waals surface area (Å²) >= 11 is 0. The highest BCUT2D eigenvalue weighted by atomic mass is 16.5. The van der Waals surface area contributed by atoms with Crippen LogP contribution in [0, 0.1) is 0 Å². The molecule has 3 aromatic carbocycles. The van der Waals surface area contributed by atoms with E-state index in [4.69, 9.17) is 4.74 Å². The third-order valence-corrected chi connectivity index (χ3v) is 6.59. The molecule has 3 aromatic rings. The minimum Gasteiger partial charge on any atom is -0.497 e. The Bertz CT molecular complexity index is 1060. The quantitative estimate of drug-likeness (QED) is 0.462. The maximum Gasteiger partial charge on any atom is 0.119 e. The van der Waals surface area contributed by atoms with E-state index in [1.54, 1.807) is 7.11 Å². The lowest BCUT2D eigenvalue weighted by Gasteiger charge is -2.32. The summed E-state index contributed by atoms with van der Waals surface area (Å²) in [6, 6.07) is 26.3. The van der Waals surface area contributed by atoms with E-state index in [2.05, 4.69) is 107 Å². The van der Waals surface area contributed by atoms with Crippen LogP contribution < -0.4 is 14.5 Å². The van der Waals surface area contributed by atoms with Crippen molar-refractivity contribution >= 4 is 11.4 Å². The molecule has 1 aliphatic heterocycles. The van der Waals surface area contributed by atoms with Gasteiger partial charge in [0.2, 0.25) is 0 Å². The highest BCUT2D eigenvalue weighted by Gasteiger charge is 2.15. The molecule has 0 aromatic heterocycles. The lowest BCUT2D eigenvalue weighted by molar-refractivity contribution is 0.148. The fraction of sp³-hybridized carbons (Fsp3) is 0.379. The van der Waals surface area contributed by atoms with Crippen molar-refractivity contribution in [1.82, 2.24) is 9.80 Å². The summed E-state index contributed by atoms with van der Waals surface area (Å²) in [5.41, 5.74) is 6.40. The highest BCUT2D eigenvalue weighted by molar-refractivity contribution is 5.52. The molecule has 34 heavy (non-hydrogen) atoms. The molecule has 0 radical (unpaired) electrons. The van der Waals surface area contributed by atoms with Gasteiger partial charge in [0.15, 0.2) is 0 Å². The molecule has 1 aliphatic rings. The van der Waals surface area contributed by atoms with E-state index in [0.717, 1.165) is 51.6 Å². The molecule has 0 bridgehead atoms. The van der Waals surface area contributed by atoms with Crippen LogP contribution in [0.4, 0.5) is 11.4 Å². The van der Waals surface area contributed by atoms with Gasteiger partial charge in [0.25, 0.3) is 0 Å². The fourth-order valence-electron chi connectivity index (χ4n) is 4.50. The Hall–Kier alpha value is -3.02. The molecule has 0 aliphatic carbocycles. The van der Waals surface area contributed by atoms with Crippen molar-refractivity contribution in [2.45, 2.75) is 19.6 Å². The molecule has 0 unspecified atom stereocenters. The minimum atomic E-state index is 0.821. The Kier molecular flexibility index (Phi) is 8.09. The Morgan fingerprint density at radius 2 is 1.32 bits per heavy atom. The summed E-state index contributed by atoms with van der Waals surface area (Å²) in [6.07, 6.45) is 0. The Labute approximate surface area is 205 Å². The smallest absolute Gasteiger partial charge is 0.119 e. The Morgan fingerprint density at radius 1 is 0.735 bits per heavy atom. The number of benzene rings is 3. The number of hydrogen-bond acceptors (Lipinski definition) is 5. The molecule has 0 N–H and O–H groups in total. The standard InChI is InChI=1S/C29H38N4O/c1-30(2)27-11-5-9-25(18-27)22-33(23-26-10-7-13-29(20-26)34-4)28-12-6-8-24(19-28)21-32-16-14-31(3)15-17-32/h5-13,18-20H,14-17,21-23H2,1-4H3. The maximum atomic E-state index is 5.48. The SMILES string of the molecule is COc1cccc(CN(Cc2cccc(N(C)C)c2)c2cccc(CN3CCN(C)CC3)c2)c1. The first-order valence-electron chi connectivity index (χ1n) is 12.1. The summed E-state index contributed by atoms with van der Waals surface area (Å²) < 4.78 is 5.48. The van der Waals surface area contributed by atoms with Crippen LogP contribution in [-0.2, 0) is 19.6 Å². The van der Waals surface area contributed by atoms with Crippen molar-refractivity contribution in [2.75, 3.05) is 64.2 Å². The van der Waals surface area contributed by atoms with E-state index in [1.165, 1.54) is 28.1 Å². The van der Waals surface area contributed by atoms with Crippen molar-refractivity contribution in [3.63, 3.8) is 0 Å². The molecule has 5 nitrogen and oxygen atoms in total. The van der Waals surface area contributed by atoms with Crippen LogP contribution in [0.25, 0.3) is 0 Å². The summed E-state index contributed by atoms with van der Waals surface area (Å²) in [5.74, 6) is 0.899. The lowest BCUT2D eigenvalue weighted by Crippen LogP contribution is -2.43. The second-order valence-electron chi connectivity index (χ2n) is 9.52. The average molecular weight is 459 g/mol. The fourth-order valence-corrected chi connectivity index (χ4v) is 4.50. The van der Waals surface area contributed by atoms with Crippen LogP contribution in [0.15, 0.2) is 72.8 Å². The van der Waals surface area contributed by atoms with Crippen LogP contribution in [-0.4, -0.2) is 64.2 Å². The first kappa shape index (κ1) is 24.1. The number of rotatable bonds is 9. The van der Waals surface area contributed by atoms with Gasteiger partial charge in [-0.25, -0.2) is 0 Å². The number of likely N-dealkylation sites (N-methyl/N-ethyl adjacent to an activating group) is 1. The van der Waals surface area contributed by atoms with Crippen molar-refractivity contribution in [2.24, 2.45) is 0 Å². The van der Waals surface area contributed by atoms with Gasteiger partial charge < -0.3 is 19.4 Å². The van der Waals surface area contributed by atoms with Crippen LogP contribution >= 0.6 is 0 Å². The van der Waals surface area contributed by atoms with E-state index in [1.807, 2.05) is 6.07 Å². The third-order valence-electron chi connectivity index (χ3n) is 6.59. The minimum absolute atomic E-state index is 0.821. The number of hydrogen-bond donors (Lipinski definition) is 0. The molecular formula is C29H38N4O. The molecule has 0 atom stereocenters. The zero-order valence-electron chi connectivity index (χ0n) is 21.1. The normalized spacial score (nSPS) is 14.7. The van der Waals surface area contributed by atoms with Gasteiger partial charge in [-0.2, -0.15) is 0 Å². The third kappa shape index (κ3) is 6.52. The summed E-state index contributed by atoms with van der Waals surface area (Å²) in [7, 11) is 8.12. The second kappa shape index (κ2) is 11.4. The summed E-state index contributed by atoms with van der Waals surface area (Å²) in [5, 5.41) is 0. The molecule has 0 saturated carbocycles. The van der Waals surface area contributed by atoms with Crippen LogP contribution in [0.5, 0.6) is 5.75 Å². The molecule has 1 saturated heterocycles. The molecule has 180 valence electrons. The first-order valence-corrected chi connectivity index (χ1v) is 12.1. The zero-order chi connectivity index (χ0) is 23.9. The van der Waals surface area contributed by atoms with E-state index in [0.29, 0.717) is 0 Å². The van der Waals surface area contributed by atoms with Crippen molar-refractivity contribution < 1.29 is 4.74 Å². The van der Waals surface area contributed by atoms with Crippen molar-refractivity contribution in [3.05, 3.63) is 89.5 Å². The van der Waals surface area contributed by atoms with Crippen molar-refractivity contribution in [1.29, 1.82) is 0 Å². The molecule has 5 heteroatoms. The largest absolute Gasteiger partial charge is 0.497 e. The van der Waals surface area contributed by atoms with Gasteiger partial charge in [-0.15, -0.1) is 0 Å². The zero-order valence-corrected chi connectivity index (χ0v) is 21.1. The van der Waals surface area contributed by atoms with Gasteiger partial charge in [0, 0.05) is 71.3 Å². The molecule has 4 rings (SSSR count). The predicted octanol–water partition coefficient (Wildman–Crippen LogP) is 4.72. The molecule has 0 amide bonds. The predicted molar refractivity (Wildman–Crippen MR) is 143 cm³/mol.